The molecule has 8 heteroatoms. The van der Waals surface area contributed by atoms with Gasteiger partial charge in [0.1, 0.15) is 5.69 Å². The van der Waals surface area contributed by atoms with Crippen LogP contribution < -0.4 is 5.32 Å². The molecule has 0 aliphatic heterocycles. The molecule has 2 aromatic rings. The summed E-state index contributed by atoms with van der Waals surface area (Å²) >= 11 is 5.69. The Morgan fingerprint density at radius 1 is 1.53 bits per heavy atom. The van der Waals surface area contributed by atoms with Crippen LogP contribution in [0.25, 0.3) is 0 Å². The molecule has 7 nitrogen and oxygen atoms in total. The van der Waals surface area contributed by atoms with Gasteiger partial charge in [-0.15, -0.1) is 0 Å². The first-order valence-corrected chi connectivity index (χ1v) is 5.59. The number of hydrogen-bond acceptors (Lipinski definition) is 4. The van der Waals surface area contributed by atoms with Crippen LogP contribution >= 0.6 is 11.6 Å². The fourth-order valence-electron chi connectivity index (χ4n) is 1.49. The van der Waals surface area contributed by atoms with Gasteiger partial charge >= 0.3 is 0 Å². The second-order valence-electron chi connectivity index (χ2n) is 3.78. The molecule has 0 bridgehead atoms. The predicted molar refractivity (Wildman–Crippen MR) is 69.3 cm³/mol. The zero-order chi connectivity index (χ0) is 14.0. The van der Waals surface area contributed by atoms with Crippen molar-refractivity contribution in [2.24, 2.45) is 7.05 Å². The summed E-state index contributed by atoms with van der Waals surface area (Å²) in [5.74, 6) is -0.474. The molecule has 0 aliphatic rings. The highest BCUT2D eigenvalue weighted by Crippen LogP contribution is 2.28. The third-order valence-corrected chi connectivity index (χ3v) is 2.61. The van der Waals surface area contributed by atoms with Crippen molar-refractivity contribution in [3.8, 4) is 0 Å². The maximum absolute atomic E-state index is 11.9. The Bertz CT molecular complexity index is 653. The van der Waals surface area contributed by atoms with Gasteiger partial charge in [0, 0.05) is 24.3 Å². The molecule has 1 heterocycles. The van der Waals surface area contributed by atoms with E-state index in [1.165, 1.54) is 35.3 Å². The Kier molecular flexibility index (Phi) is 3.48. The number of rotatable bonds is 3. The van der Waals surface area contributed by atoms with Gasteiger partial charge in [0.25, 0.3) is 11.6 Å². The summed E-state index contributed by atoms with van der Waals surface area (Å²) in [5, 5.41) is 17.4. The molecule has 0 spiro atoms. The molecule has 98 valence electrons. The maximum Gasteiger partial charge on any atom is 0.294 e. The molecule has 0 unspecified atom stereocenters. The lowest BCUT2D eigenvalue weighted by atomic mass is 10.2. The van der Waals surface area contributed by atoms with Crippen LogP contribution in [0.15, 0.2) is 30.6 Å². The molecular formula is C11H9ClN4O3. The van der Waals surface area contributed by atoms with E-state index in [1.807, 2.05) is 0 Å². The first-order chi connectivity index (χ1) is 8.97. The average molecular weight is 281 g/mol. The molecular weight excluding hydrogens is 272 g/mol. The number of nitrogens with zero attached hydrogens (tertiary/aromatic N) is 3. The molecule has 19 heavy (non-hydrogen) atoms. The number of hydrogen-bond donors (Lipinski definition) is 1. The third-order valence-electron chi connectivity index (χ3n) is 2.37. The molecule has 0 aliphatic carbocycles. The summed E-state index contributed by atoms with van der Waals surface area (Å²) < 4.78 is 1.46. The topological polar surface area (TPSA) is 90.1 Å². The van der Waals surface area contributed by atoms with Crippen molar-refractivity contribution >= 4 is 28.9 Å². The number of amides is 1. The number of nitro benzene ring substituents is 1. The van der Waals surface area contributed by atoms with Crippen LogP contribution in [0.5, 0.6) is 0 Å². The smallest absolute Gasteiger partial charge is 0.294 e. The minimum absolute atomic E-state index is 0.0863. The van der Waals surface area contributed by atoms with E-state index in [0.29, 0.717) is 5.56 Å². The van der Waals surface area contributed by atoms with Gasteiger partial charge in [0.05, 0.1) is 16.7 Å². The van der Waals surface area contributed by atoms with Crippen LogP contribution in [0, 0.1) is 10.1 Å². The Morgan fingerprint density at radius 2 is 2.26 bits per heavy atom. The monoisotopic (exact) mass is 280 g/mol. The first kappa shape index (κ1) is 13.0. The Morgan fingerprint density at radius 3 is 2.84 bits per heavy atom. The van der Waals surface area contributed by atoms with Crippen LogP contribution in [-0.4, -0.2) is 20.6 Å². The van der Waals surface area contributed by atoms with Crippen molar-refractivity contribution in [1.29, 1.82) is 0 Å². The van der Waals surface area contributed by atoms with Gasteiger partial charge in [-0.1, -0.05) is 11.6 Å². The van der Waals surface area contributed by atoms with E-state index in [9.17, 15) is 14.9 Å². The maximum atomic E-state index is 11.9. The van der Waals surface area contributed by atoms with Crippen molar-refractivity contribution in [1.82, 2.24) is 9.78 Å². The second kappa shape index (κ2) is 5.07. The van der Waals surface area contributed by atoms with E-state index in [-0.39, 0.29) is 16.4 Å². The van der Waals surface area contributed by atoms with Crippen LogP contribution in [0.2, 0.25) is 5.02 Å². The summed E-state index contributed by atoms with van der Waals surface area (Å²) in [6.45, 7) is 0. The number of nitro groups is 1. The highest BCUT2D eigenvalue weighted by atomic mass is 35.5. The lowest BCUT2D eigenvalue weighted by Gasteiger charge is -2.04. The number of anilines is 1. The average Bonchev–Trinajstić information content (AvgIpc) is 2.78. The first-order valence-electron chi connectivity index (χ1n) is 5.21. The van der Waals surface area contributed by atoms with Crippen molar-refractivity contribution in [3.05, 3.63) is 51.3 Å². The summed E-state index contributed by atoms with van der Waals surface area (Å²) in [6.07, 6.45) is 2.88. The number of aromatic nitrogens is 2. The molecule has 1 aromatic carbocycles. The summed E-state index contributed by atoms with van der Waals surface area (Å²) in [4.78, 5) is 22.1. The molecule has 1 N–H and O–H groups in total. The lowest BCUT2D eigenvalue weighted by Crippen LogP contribution is -2.12. The van der Waals surface area contributed by atoms with Gasteiger partial charge in [-0.25, -0.2) is 0 Å². The van der Waals surface area contributed by atoms with Crippen molar-refractivity contribution in [2.75, 3.05) is 5.32 Å². The van der Waals surface area contributed by atoms with Crippen LogP contribution in [0.1, 0.15) is 10.4 Å². The fraction of sp³-hybridized carbons (Fsp3) is 0.0909. The number of halogens is 1. The van der Waals surface area contributed by atoms with Gasteiger partial charge in [-0.2, -0.15) is 5.10 Å². The van der Waals surface area contributed by atoms with Crippen LogP contribution in [-0.2, 0) is 7.05 Å². The largest absolute Gasteiger partial charge is 0.316 e. The van der Waals surface area contributed by atoms with Gasteiger partial charge in [0.15, 0.2) is 0 Å². The quantitative estimate of drug-likeness (QED) is 0.689. The predicted octanol–water partition coefficient (Wildman–Crippen LogP) is 2.23. The van der Waals surface area contributed by atoms with Crippen LogP contribution in [0.3, 0.4) is 0 Å². The molecule has 2 rings (SSSR count). The van der Waals surface area contributed by atoms with E-state index >= 15 is 0 Å². The molecule has 0 fully saturated rings. The SMILES string of the molecule is Cn1cc(C(=O)Nc2ccc(Cl)cc2[N+](=O)[O-])cn1. The highest BCUT2D eigenvalue weighted by Gasteiger charge is 2.17. The minimum atomic E-state index is -0.606. The zero-order valence-corrected chi connectivity index (χ0v) is 10.6. The minimum Gasteiger partial charge on any atom is -0.316 e. The summed E-state index contributed by atoms with van der Waals surface area (Å²) in [6, 6.07) is 4.03. The lowest BCUT2D eigenvalue weighted by molar-refractivity contribution is -0.383. The molecule has 0 saturated carbocycles. The summed E-state index contributed by atoms with van der Waals surface area (Å²) in [7, 11) is 1.67. The third kappa shape index (κ3) is 2.89. The number of carbonyl (C=O) groups excluding carboxylic acids is 1. The Balaban J connectivity index is 2.28. The fourth-order valence-corrected chi connectivity index (χ4v) is 1.66. The molecule has 0 atom stereocenters. The van der Waals surface area contributed by atoms with E-state index in [0.717, 1.165) is 0 Å². The Labute approximate surface area is 112 Å². The van der Waals surface area contributed by atoms with E-state index < -0.39 is 10.8 Å². The normalized spacial score (nSPS) is 10.2. The Hall–Kier alpha value is -2.41. The molecule has 0 saturated heterocycles. The molecule has 0 radical (unpaired) electrons. The van der Waals surface area contributed by atoms with Gasteiger partial charge in [0.2, 0.25) is 0 Å². The second-order valence-corrected chi connectivity index (χ2v) is 4.21. The van der Waals surface area contributed by atoms with Crippen molar-refractivity contribution in [2.45, 2.75) is 0 Å². The van der Waals surface area contributed by atoms with E-state index in [4.69, 9.17) is 11.6 Å². The number of nitrogens with one attached hydrogen (secondary N) is 1. The van der Waals surface area contributed by atoms with Crippen molar-refractivity contribution in [3.63, 3.8) is 0 Å². The van der Waals surface area contributed by atoms with E-state index in [2.05, 4.69) is 10.4 Å². The molecule has 1 amide bonds. The van der Waals surface area contributed by atoms with Gasteiger partial charge < -0.3 is 5.32 Å². The summed E-state index contributed by atoms with van der Waals surface area (Å²) in [5.41, 5.74) is 0.139. The van der Waals surface area contributed by atoms with Gasteiger partial charge in [-0.3, -0.25) is 19.6 Å². The standard InChI is InChI=1S/C11H9ClN4O3/c1-15-6-7(5-13-15)11(17)14-9-3-2-8(12)4-10(9)16(18)19/h2-6H,1H3,(H,14,17). The zero-order valence-electron chi connectivity index (χ0n) is 9.83. The van der Waals surface area contributed by atoms with Crippen LogP contribution in [0.4, 0.5) is 11.4 Å². The highest BCUT2D eigenvalue weighted by molar-refractivity contribution is 6.31. The van der Waals surface area contributed by atoms with Gasteiger partial charge in [-0.05, 0) is 12.1 Å². The number of carbonyl (C=O) groups is 1. The van der Waals surface area contributed by atoms with E-state index in [1.54, 1.807) is 7.05 Å². The number of aryl methyl sites for hydroxylation is 1. The number of benzene rings is 1. The van der Waals surface area contributed by atoms with Crippen molar-refractivity contribution < 1.29 is 9.72 Å². The molecule has 1 aromatic heterocycles.